The smallest absolute Gasteiger partial charge is 0.0991 e. The molecule has 1 aliphatic heterocycles. The summed E-state index contributed by atoms with van der Waals surface area (Å²) in [5.74, 6) is 0. The topological polar surface area (TPSA) is 23.8 Å². The van der Waals surface area contributed by atoms with Gasteiger partial charge in [-0.1, -0.05) is 114 Å². The fraction of sp³-hybridized carbons (Fsp3) is 0.0312. The first-order chi connectivity index (χ1) is 17.2. The molecule has 1 heterocycles. The van der Waals surface area contributed by atoms with E-state index in [0.717, 1.165) is 21.0 Å². The van der Waals surface area contributed by atoms with Crippen LogP contribution in [0, 0.1) is 11.3 Å². The summed E-state index contributed by atoms with van der Waals surface area (Å²) in [4.78, 5) is 2.28. The summed E-state index contributed by atoms with van der Waals surface area (Å²) in [6.45, 7) is 0. The van der Waals surface area contributed by atoms with E-state index in [1.807, 2.05) is 24.3 Å². The van der Waals surface area contributed by atoms with Crippen molar-refractivity contribution in [3.8, 4) is 28.3 Å². The number of hydrogen-bond donors (Lipinski definition) is 0. The van der Waals surface area contributed by atoms with Gasteiger partial charge in [0.05, 0.1) is 22.1 Å². The highest BCUT2D eigenvalue weighted by Crippen LogP contribution is 2.63. The van der Waals surface area contributed by atoms with Crippen molar-refractivity contribution in [1.82, 2.24) is 0 Å². The lowest BCUT2D eigenvalue weighted by atomic mass is 9.67. The average Bonchev–Trinajstić information content (AvgIpc) is 3.20. The van der Waals surface area contributed by atoms with Crippen LogP contribution >= 0.6 is 23.4 Å². The lowest BCUT2D eigenvalue weighted by molar-refractivity contribution is 0.723. The Bertz CT molecular complexity index is 1670. The Balaban J connectivity index is 1.65. The second-order valence-corrected chi connectivity index (χ2v) is 10.4. The first kappa shape index (κ1) is 20.6. The van der Waals surface area contributed by atoms with Gasteiger partial charge >= 0.3 is 0 Å². The minimum absolute atomic E-state index is 0.461. The predicted molar refractivity (Wildman–Crippen MR) is 143 cm³/mol. The summed E-state index contributed by atoms with van der Waals surface area (Å²) in [6.07, 6.45) is 0. The highest BCUT2D eigenvalue weighted by molar-refractivity contribution is 7.99. The molecule has 0 amide bonds. The quantitative estimate of drug-likeness (QED) is 0.233. The van der Waals surface area contributed by atoms with Crippen molar-refractivity contribution in [2.75, 3.05) is 0 Å². The van der Waals surface area contributed by atoms with Crippen LogP contribution in [0.25, 0.3) is 22.3 Å². The van der Waals surface area contributed by atoms with Crippen molar-refractivity contribution in [3.63, 3.8) is 0 Å². The minimum Gasteiger partial charge on any atom is -0.192 e. The lowest BCUT2D eigenvalue weighted by Crippen LogP contribution is -2.32. The lowest BCUT2D eigenvalue weighted by Gasteiger charge is -2.40. The highest BCUT2D eigenvalue weighted by atomic mass is 35.5. The van der Waals surface area contributed by atoms with Gasteiger partial charge in [-0.25, -0.2) is 0 Å². The van der Waals surface area contributed by atoms with Gasteiger partial charge in [0.1, 0.15) is 0 Å². The van der Waals surface area contributed by atoms with Crippen LogP contribution in [0.15, 0.2) is 119 Å². The van der Waals surface area contributed by atoms with Gasteiger partial charge in [0.2, 0.25) is 0 Å². The molecule has 5 aromatic rings. The third kappa shape index (κ3) is 2.71. The third-order valence-corrected chi connectivity index (χ3v) is 8.96. The fourth-order valence-corrected chi connectivity index (χ4v) is 7.51. The zero-order valence-electron chi connectivity index (χ0n) is 18.6. The monoisotopic (exact) mass is 483 g/mol. The van der Waals surface area contributed by atoms with Crippen molar-refractivity contribution >= 4 is 23.4 Å². The van der Waals surface area contributed by atoms with Gasteiger partial charge in [-0.05, 0) is 62.7 Å². The number of benzene rings is 5. The summed E-state index contributed by atoms with van der Waals surface area (Å²) in [5.41, 5.74) is 9.95. The molecule has 1 aliphatic carbocycles. The molecule has 0 fully saturated rings. The Hall–Kier alpha value is -3.77. The van der Waals surface area contributed by atoms with Crippen molar-refractivity contribution in [2.24, 2.45) is 0 Å². The molecule has 0 saturated heterocycles. The summed E-state index contributed by atoms with van der Waals surface area (Å²) >= 11 is 8.65. The van der Waals surface area contributed by atoms with Gasteiger partial charge in [-0.2, -0.15) is 5.26 Å². The molecule has 3 heteroatoms. The number of nitriles is 1. The summed E-state index contributed by atoms with van der Waals surface area (Å²) in [6, 6.07) is 40.5. The standard InChI is InChI=1S/C32H18ClNS/c33-29-17-7-16-28-31(29)35-30-22(21-9-5-8-20(18-21)19-34)12-6-15-27(30)32(28)25-13-3-1-10-23(25)24-11-2-4-14-26(24)32/h1-18H. The molecule has 35 heavy (non-hydrogen) atoms. The van der Waals surface area contributed by atoms with E-state index < -0.39 is 5.41 Å². The average molecular weight is 484 g/mol. The van der Waals surface area contributed by atoms with Gasteiger partial charge in [0, 0.05) is 9.79 Å². The fourth-order valence-electron chi connectivity index (χ4n) is 5.90. The zero-order valence-corrected chi connectivity index (χ0v) is 20.2. The minimum atomic E-state index is -0.461. The zero-order chi connectivity index (χ0) is 23.6. The highest BCUT2D eigenvalue weighted by Gasteiger charge is 2.50. The summed E-state index contributed by atoms with van der Waals surface area (Å²) in [7, 11) is 0. The van der Waals surface area contributed by atoms with Crippen LogP contribution in [0.5, 0.6) is 0 Å². The maximum Gasteiger partial charge on any atom is 0.0991 e. The van der Waals surface area contributed by atoms with E-state index in [1.54, 1.807) is 11.8 Å². The molecule has 0 saturated carbocycles. The maximum absolute atomic E-state index is 9.53. The van der Waals surface area contributed by atoms with Crippen molar-refractivity contribution in [3.05, 3.63) is 142 Å². The van der Waals surface area contributed by atoms with Gasteiger partial charge in [-0.3, -0.25) is 0 Å². The van der Waals surface area contributed by atoms with Crippen molar-refractivity contribution in [2.45, 2.75) is 15.2 Å². The first-order valence-electron chi connectivity index (χ1n) is 11.5. The van der Waals surface area contributed by atoms with Crippen LogP contribution in [-0.4, -0.2) is 0 Å². The van der Waals surface area contributed by atoms with Crippen molar-refractivity contribution < 1.29 is 0 Å². The number of rotatable bonds is 1. The molecular weight excluding hydrogens is 466 g/mol. The normalized spacial score (nSPS) is 13.9. The molecule has 164 valence electrons. The molecule has 0 atom stereocenters. The predicted octanol–water partition coefficient (Wildman–Crippen LogP) is 8.71. The first-order valence-corrected chi connectivity index (χ1v) is 12.7. The van der Waals surface area contributed by atoms with Gasteiger partial charge in [-0.15, -0.1) is 0 Å². The molecule has 0 radical (unpaired) electrons. The van der Waals surface area contributed by atoms with Crippen LogP contribution in [0.2, 0.25) is 5.02 Å². The molecule has 0 bridgehead atoms. The van der Waals surface area contributed by atoms with Gasteiger partial charge < -0.3 is 0 Å². The molecule has 0 aromatic heterocycles. The van der Waals surface area contributed by atoms with E-state index in [0.29, 0.717) is 5.56 Å². The van der Waals surface area contributed by atoms with Crippen LogP contribution in [0.3, 0.4) is 0 Å². The second-order valence-electron chi connectivity index (χ2n) is 8.93. The summed E-state index contributed by atoms with van der Waals surface area (Å²) < 4.78 is 0. The maximum atomic E-state index is 9.53. The number of hydrogen-bond acceptors (Lipinski definition) is 2. The van der Waals surface area contributed by atoms with Crippen LogP contribution in [0.4, 0.5) is 0 Å². The van der Waals surface area contributed by atoms with Gasteiger partial charge in [0.25, 0.3) is 0 Å². The Morgan fingerprint density at radius 1 is 0.600 bits per heavy atom. The van der Waals surface area contributed by atoms with E-state index in [9.17, 15) is 5.26 Å². The van der Waals surface area contributed by atoms with Crippen LogP contribution < -0.4 is 0 Å². The molecule has 2 aliphatic rings. The molecule has 1 spiro atoms. The van der Waals surface area contributed by atoms with Crippen molar-refractivity contribution in [1.29, 1.82) is 5.26 Å². The third-order valence-electron chi connectivity index (χ3n) is 7.25. The van der Waals surface area contributed by atoms with Crippen LogP contribution in [0.1, 0.15) is 27.8 Å². The molecule has 5 aromatic carbocycles. The van der Waals surface area contributed by atoms with Gasteiger partial charge in [0.15, 0.2) is 0 Å². The molecular formula is C32H18ClNS. The Morgan fingerprint density at radius 2 is 1.17 bits per heavy atom. The summed E-state index contributed by atoms with van der Waals surface area (Å²) in [5, 5.41) is 10.3. The SMILES string of the molecule is N#Cc1cccc(-c2cccc3c2Sc2c(Cl)cccc2C32c3ccccc3-c3ccccc32)c1. The Labute approximate surface area is 213 Å². The number of fused-ring (bicyclic) bond motifs is 9. The Kier molecular flexibility index (Phi) is 4.48. The van der Waals surface area contributed by atoms with E-state index >= 15 is 0 Å². The largest absolute Gasteiger partial charge is 0.192 e. The second kappa shape index (κ2) is 7.62. The molecule has 0 N–H and O–H groups in total. The molecule has 0 unspecified atom stereocenters. The molecule has 7 rings (SSSR count). The van der Waals surface area contributed by atoms with E-state index in [-0.39, 0.29) is 0 Å². The van der Waals surface area contributed by atoms with E-state index in [4.69, 9.17) is 11.6 Å². The number of halogens is 1. The Morgan fingerprint density at radius 3 is 1.89 bits per heavy atom. The number of nitrogens with zero attached hydrogens (tertiary/aromatic N) is 1. The van der Waals surface area contributed by atoms with Crippen LogP contribution in [-0.2, 0) is 5.41 Å². The van der Waals surface area contributed by atoms with E-state index in [2.05, 4.69) is 91.0 Å². The van der Waals surface area contributed by atoms with E-state index in [1.165, 1.54) is 38.3 Å². The molecule has 1 nitrogen and oxygen atoms in total.